The first kappa shape index (κ1) is 20.4. The summed E-state index contributed by atoms with van der Waals surface area (Å²) in [5.41, 5.74) is 1.02. The second kappa shape index (κ2) is 8.78. The van der Waals surface area contributed by atoms with Crippen LogP contribution in [0.15, 0.2) is 9.95 Å². The Hall–Kier alpha value is -1.34. The molecule has 0 saturated heterocycles. The molecule has 2 heterocycles. The van der Waals surface area contributed by atoms with Gasteiger partial charge in [0.2, 0.25) is 5.91 Å². The van der Waals surface area contributed by atoms with E-state index in [4.69, 9.17) is 4.98 Å². The molecule has 0 spiro atoms. The largest absolute Gasteiger partial charge is 0.355 e. The van der Waals surface area contributed by atoms with Crippen molar-refractivity contribution in [3.8, 4) is 0 Å². The Morgan fingerprint density at radius 1 is 1.33 bits per heavy atom. The molecular formula is C20H29N3O2S2. The Morgan fingerprint density at radius 3 is 2.70 bits per heavy atom. The van der Waals surface area contributed by atoms with Gasteiger partial charge in [0.05, 0.1) is 10.6 Å². The number of carbonyl (C=O) groups excluding carboxylic acids is 1. The van der Waals surface area contributed by atoms with Crippen molar-refractivity contribution in [3.63, 3.8) is 0 Å². The predicted octanol–water partition coefficient (Wildman–Crippen LogP) is 4.27. The van der Waals surface area contributed by atoms with Crippen molar-refractivity contribution in [3.05, 3.63) is 20.8 Å². The van der Waals surface area contributed by atoms with Crippen molar-refractivity contribution in [2.75, 3.05) is 6.54 Å². The molecule has 0 aliphatic heterocycles. The van der Waals surface area contributed by atoms with Crippen molar-refractivity contribution in [2.45, 2.75) is 76.8 Å². The molecule has 1 saturated carbocycles. The van der Waals surface area contributed by atoms with Gasteiger partial charge in [-0.25, -0.2) is 4.98 Å². The number of fused-ring (bicyclic) bond motifs is 1. The number of nitrogens with zero attached hydrogens (tertiary/aromatic N) is 2. The zero-order chi connectivity index (χ0) is 19.6. The average molecular weight is 408 g/mol. The summed E-state index contributed by atoms with van der Waals surface area (Å²) in [7, 11) is 0. The third-order valence-corrected chi connectivity index (χ3v) is 7.70. The normalized spacial score (nSPS) is 16.6. The van der Waals surface area contributed by atoms with Gasteiger partial charge in [-0.05, 0) is 52.0 Å². The summed E-state index contributed by atoms with van der Waals surface area (Å²) in [6.07, 6.45) is 6.30. The smallest absolute Gasteiger partial charge is 0.263 e. The van der Waals surface area contributed by atoms with Gasteiger partial charge in [-0.15, -0.1) is 11.3 Å². The molecule has 148 valence electrons. The van der Waals surface area contributed by atoms with Crippen LogP contribution in [0.4, 0.5) is 0 Å². The molecule has 1 amide bonds. The number of thiophene rings is 1. The summed E-state index contributed by atoms with van der Waals surface area (Å²) in [6.45, 7) is 9.15. The van der Waals surface area contributed by atoms with E-state index in [1.165, 1.54) is 43.9 Å². The summed E-state index contributed by atoms with van der Waals surface area (Å²) < 4.78 is 1.69. The van der Waals surface area contributed by atoms with E-state index in [0.717, 1.165) is 27.2 Å². The van der Waals surface area contributed by atoms with Gasteiger partial charge in [0.25, 0.3) is 5.56 Å². The summed E-state index contributed by atoms with van der Waals surface area (Å²) in [5.74, 6) is 0.640. The van der Waals surface area contributed by atoms with Crippen LogP contribution in [0.5, 0.6) is 0 Å². The zero-order valence-electron chi connectivity index (χ0n) is 16.6. The number of hydrogen-bond acceptors (Lipinski definition) is 5. The Balaban J connectivity index is 1.74. The molecule has 1 atom stereocenters. The van der Waals surface area contributed by atoms with Gasteiger partial charge < -0.3 is 5.32 Å². The van der Waals surface area contributed by atoms with Crippen molar-refractivity contribution in [1.29, 1.82) is 0 Å². The molecule has 2 aromatic rings. The number of amides is 1. The van der Waals surface area contributed by atoms with Gasteiger partial charge in [-0.2, -0.15) is 0 Å². The summed E-state index contributed by atoms with van der Waals surface area (Å²) >= 11 is 2.93. The highest BCUT2D eigenvalue weighted by Crippen LogP contribution is 2.30. The third-order valence-electron chi connectivity index (χ3n) is 5.51. The number of hydrogen-bond donors (Lipinski definition) is 1. The van der Waals surface area contributed by atoms with Crippen molar-refractivity contribution in [2.24, 2.45) is 5.92 Å². The van der Waals surface area contributed by atoms with Crippen LogP contribution in [0.25, 0.3) is 10.2 Å². The lowest BCUT2D eigenvalue weighted by atomic mass is 9.89. The number of aryl methyl sites for hydroxylation is 2. The van der Waals surface area contributed by atoms with E-state index in [9.17, 15) is 9.59 Å². The average Bonchev–Trinajstić information content (AvgIpc) is 2.94. The first-order chi connectivity index (χ1) is 12.9. The summed E-state index contributed by atoms with van der Waals surface area (Å²) in [6, 6.07) is 0. The lowest BCUT2D eigenvalue weighted by molar-refractivity contribution is -0.120. The third kappa shape index (κ3) is 4.40. The van der Waals surface area contributed by atoms with Gasteiger partial charge in [-0.1, -0.05) is 31.0 Å². The van der Waals surface area contributed by atoms with Crippen LogP contribution in [0.2, 0.25) is 0 Å². The molecule has 3 rings (SSSR count). The van der Waals surface area contributed by atoms with Crippen molar-refractivity contribution >= 4 is 39.2 Å². The molecule has 27 heavy (non-hydrogen) atoms. The van der Waals surface area contributed by atoms with Crippen LogP contribution >= 0.6 is 23.1 Å². The Labute approximate surface area is 169 Å². The van der Waals surface area contributed by atoms with Crippen molar-refractivity contribution in [1.82, 2.24) is 14.9 Å². The standard InChI is InChI=1S/C20H29N3O2S2/c1-5-23-19(25)16-12(2)13(3)26-18(16)22-20(23)27-14(4)17(24)21-11-15-9-7-6-8-10-15/h14-15H,5-11H2,1-4H3,(H,21,24). The van der Waals surface area contributed by atoms with E-state index in [-0.39, 0.29) is 16.7 Å². The van der Waals surface area contributed by atoms with E-state index in [0.29, 0.717) is 17.6 Å². The maximum absolute atomic E-state index is 12.9. The molecule has 0 radical (unpaired) electrons. The first-order valence-corrected chi connectivity index (χ1v) is 11.6. The highest BCUT2D eigenvalue weighted by molar-refractivity contribution is 8.00. The fourth-order valence-corrected chi connectivity index (χ4v) is 5.74. The van der Waals surface area contributed by atoms with Crippen LogP contribution < -0.4 is 10.9 Å². The van der Waals surface area contributed by atoms with E-state index < -0.39 is 0 Å². The van der Waals surface area contributed by atoms with Crippen LogP contribution in [0.3, 0.4) is 0 Å². The lowest BCUT2D eigenvalue weighted by Gasteiger charge is -2.22. The highest BCUT2D eigenvalue weighted by Gasteiger charge is 2.22. The van der Waals surface area contributed by atoms with E-state index in [2.05, 4.69) is 5.32 Å². The minimum Gasteiger partial charge on any atom is -0.355 e. The van der Waals surface area contributed by atoms with Gasteiger partial charge in [-0.3, -0.25) is 14.2 Å². The molecule has 0 aromatic carbocycles. The fourth-order valence-electron chi connectivity index (χ4n) is 3.67. The number of thioether (sulfide) groups is 1. The SMILES string of the molecule is CCn1c(SC(C)C(=O)NCC2CCCCC2)nc2sc(C)c(C)c2c1=O. The van der Waals surface area contributed by atoms with Gasteiger partial charge >= 0.3 is 0 Å². The zero-order valence-corrected chi connectivity index (χ0v) is 18.3. The maximum atomic E-state index is 12.9. The summed E-state index contributed by atoms with van der Waals surface area (Å²) in [5, 5.41) is 4.18. The van der Waals surface area contributed by atoms with Crippen LogP contribution in [0, 0.1) is 19.8 Å². The van der Waals surface area contributed by atoms with E-state index in [1.807, 2.05) is 27.7 Å². The Kier molecular flexibility index (Phi) is 6.63. The second-order valence-electron chi connectivity index (χ2n) is 7.42. The van der Waals surface area contributed by atoms with Crippen molar-refractivity contribution < 1.29 is 4.79 Å². The molecule has 2 aromatic heterocycles. The van der Waals surface area contributed by atoms with Crippen LogP contribution in [0.1, 0.15) is 56.4 Å². The predicted molar refractivity (Wildman–Crippen MR) is 114 cm³/mol. The minimum atomic E-state index is -0.280. The van der Waals surface area contributed by atoms with E-state index in [1.54, 1.807) is 15.9 Å². The molecule has 1 unspecified atom stereocenters. The van der Waals surface area contributed by atoms with E-state index >= 15 is 0 Å². The minimum absolute atomic E-state index is 0.00154. The van der Waals surface area contributed by atoms with Crippen LogP contribution in [-0.2, 0) is 11.3 Å². The number of rotatable bonds is 6. The lowest BCUT2D eigenvalue weighted by Crippen LogP contribution is -2.35. The molecule has 1 aliphatic rings. The number of aromatic nitrogens is 2. The molecule has 1 N–H and O–H groups in total. The maximum Gasteiger partial charge on any atom is 0.263 e. The molecule has 1 aliphatic carbocycles. The second-order valence-corrected chi connectivity index (χ2v) is 9.93. The molecule has 1 fully saturated rings. The molecule has 5 nitrogen and oxygen atoms in total. The summed E-state index contributed by atoms with van der Waals surface area (Å²) in [4.78, 5) is 32.1. The van der Waals surface area contributed by atoms with Gasteiger partial charge in [0.15, 0.2) is 5.16 Å². The molecular weight excluding hydrogens is 378 g/mol. The number of nitrogens with one attached hydrogen (secondary N) is 1. The topological polar surface area (TPSA) is 64.0 Å². The Morgan fingerprint density at radius 2 is 2.04 bits per heavy atom. The molecule has 0 bridgehead atoms. The fraction of sp³-hybridized carbons (Fsp3) is 0.650. The molecule has 7 heteroatoms. The monoisotopic (exact) mass is 407 g/mol. The quantitative estimate of drug-likeness (QED) is 0.574. The number of carbonyl (C=O) groups is 1. The van der Waals surface area contributed by atoms with Gasteiger partial charge in [0, 0.05) is 18.0 Å². The highest BCUT2D eigenvalue weighted by atomic mass is 32.2. The first-order valence-electron chi connectivity index (χ1n) is 9.87. The van der Waals surface area contributed by atoms with Crippen LogP contribution in [-0.4, -0.2) is 27.3 Å². The van der Waals surface area contributed by atoms with Gasteiger partial charge in [0.1, 0.15) is 4.83 Å². The Bertz CT molecular complexity index is 881.